The average Bonchev–Trinajstić information content (AvgIpc) is 3.57. The number of hydrogen-bond donors (Lipinski definition) is 2. The molecule has 1 aromatic heterocycles. The number of aromatic nitrogens is 2. The van der Waals surface area contributed by atoms with E-state index < -0.39 is 27.8 Å². The van der Waals surface area contributed by atoms with Crippen LogP contribution in [0.3, 0.4) is 0 Å². The first kappa shape index (κ1) is 33.8. The van der Waals surface area contributed by atoms with Gasteiger partial charge in [-0.05, 0) is 76.2 Å². The fourth-order valence-corrected chi connectivity index (χ4v) is 9.20. The molecule has 0 aliphatic heterocycles. The van der Waals surface area contributed by atoms with Gasteiger partial charge in [0.15, 0.2) is 0 Å². The van der Waals surface area contributed by atoms with Crippen molar-refractivity contribution in [1.82, 2.24) is 15.1 Å². The van der Waals surface area contributed by atoms with Crippen LogP contribution in [0.2, 0.25) is 0 Å². The fourth-order valence-electron chi connectivity index (χ4n) is 8.45. The number of nitrogens with one attached hydrogen (secondary N) is 1. The highest BCUT2D eigenvalue weighted by Crippen LogP contribution is 2.68. The number of aliphatic hydroxyl groups is 1. The first-order valence-electron chi connectivity index (χ1n) is 16.1. The maximum Gasteiger partial charge on any atom is 0.316 e. The van der Waals surface area contributed by atoms with Gasteiger partial charge in [-0.1, -0.05) is 40.7 Å². The van der Waals surface area contributed by atoms with E-state index in [-0.39, 0.29) is 46.6 Å². The van der Waals surface area contributed by atoms with Crippen LogP contribution in [0.5, 0.6) is 0 Å². The number of aliphatic hydroxyl groups excluding tert-OH is 1. The lowest BCUT2D eigenvalue weighted by Gasteiger charge is -2.61. The van der Waals surface area contributed by atoms with Gasteiger partial charge in [-0.15, -0.1) is 18.3 Å². The van der Waals surface area contributed by atoms with E-state index in [9.17, 15) is 19.5 Å². The monoisotopic (exact) mass is 615 g/mol. The minimum absolute atomic E-state index is 0.0634. The summed E-state index contributed by atoms with van der Waals surface area (Å²) in [5.74, 6) is -0.277. The van der Waals surface area contributed by atoms with Crippen molar-refractivity contribution in [3.05, 3.63) is 30.1 Å². The Morgan fingerprint density at radius 3 is 2.60 bits per heavy atom. The molecule has 0 unspecified atom stereocenters. The second-order valence-electron chi connectivity index (χ2n) is 14.5. The topological polar surface area (TPSA) is 111 Å². The van der Waals surface area contributed by atoms with Gasteiger partial charge in [0.25, 0.3) is 5.91 Å². The molecule has 240 valence electrons. The molecule has 0 radical (unpaired) electrons. The number of nitrogens with zero attached hydrogens (tertiary/aromatic N) is 2. The Bertz CT molecular complexity index is 1240. The maximum atomic E-state index is 13.6. The van der Waals surface area contributed by atoms with E-state index in [2.05, 4.69) is 37.8 Å². The summed E-state index contributed by atoms with van der Waals surface area (Å²) in [7, 11) is 0. The van der Waals surface area contributed by atoms with Crippen LogP contribution < -0.4 is 5.32 Å². The van der Waals surface area contributed by atoms with Crippen LogP contribution in [0, 0.1) is 34.0 Å². The summed E-state index contributed by atoms with van der Waals surface area (Å²) in [6, 6.07) is 1.83. The number of ether oxygens (including phenoxy) is 1. The Hall–Kier alpha value is -2.13. The smallest absolute Gasteiger partial charge is 0.316 e. The van der Waals surface area contributed by atoms with Gasteiger partial charge < -0.3 is 15.2 Å². The molecule has 3 aliphatic carbocycles. The minimum Gasteiger partial charge on any atom is -0.461 e. The van der Waals surface area contributed by atoms with E-state index in [4.69, 9.17) is 4.74 Å². The molecule has 0 saturated heterocycles. The van der Waals surface area contributed by atoms with Crippen LogP contribution in [0.15, 0.2) is 18.7 Å². The molecule has 1 aromatic rings. The third kappa shape index (κ3) is 5.97. The molecule has 1 heterocycles. The van der Waals surface area contributed by atoms with Crippen molar-refractivity contribution < 1.29 is 24.2 Å². The van der Waals surface area contributed by atoms with Crippen molar-refractivity contribution >= 4 is 29.4 Å². The lowest BCUT2D eigenvalue weighted by atomic mass is 9.44. The molecular weight excluding hydrogens is 562 g/mol. The molecule has 0 spiro atoms. The predicted molar refractivity (Wildman–Crippen MR) is 171 cm³/mol. The molecule has 8 atom stereocenters. The summed E-state index contributed by atoms with van der Waals surface area (Å²) < 4.78 is 7.67. The maximum absolute atomic E-state index is 13.6. The Morgan fingerprint density at radius 2 is 1.98 bits per heavy atom. The Kier molecular flexibility index (Phi) is 9.69. The first-order valence-corrected chi connectivity index (χ1v) is 17.1. The molecule has 3 fully saturated rings. The third-order valence-corrected chi connectivity index (χ3v) is 12.9. The lowest BCUT2D eigenvalue weighted by molar-refractivity contribution is -0.205. The molecule has 2 N–H and O–H groups in total. The zero-order valence-electron chi connectivity index (χ0n) is 27.5. The lowest BCUT2D eigenvalue weighted by Crippen LogP contribution is -2.63. The zero-order valence-corrected chi connectivity index (χ0v) is 28.3. The summed E-state index contributed by atoms with van der Waals surface area (Å²) >= 11 is 1.44. The number of amides is 1. The number of ketones is 1. The highest BCUT2D eigenvalue weighted by Gasteiger charge is 2.68. The molecule has 9 heteroatoms. The molecule has 8 nitrogen and oxygen atoms in total. The van der Waals surface area contributed by atoms with Crippen LogP contribution in [-0.4, -0.2) is 61.8 Å². The van der Waals surface area contributed by atoms with Gasteiger partial charge in [-0.2, -0.15) is 5.10 Å². The molecule has 3 saturated carbocycles. The second-order valence-corrected chi connectivity index (χ2v) is 16.2. The van der Waals surface area contributed by atoms with E-state index in [0.29, 0.717) is 31.6 Å². The van der Waals surface area contributed by atoms with Gasteiger partial charge in [0.2, 0.25) is 0 Å². The number of rotatable bonds is 10. The zero-order chi connectivity index (χ0) is 32.0. The van der Waals surface area contributed by atoms with Gasteiger partial charge in [-0.25, -0.2) is 0 Å². The predicted octanol–water partition coefficient (Wildman–Crippen LogP) is 5.61. The number of hydrogen-bond acceptors (Lipinski definition) is 7. The average molecular weight is 616 g/mol. The number of esters is 1. The quantitative estimate of drug-likeness (QED) is 0.260. The van der Waals surface area contributed by atoms with Crippen molar-refractivity contribution in [3.8, 4) is 0 Å². The minimum atomic E-state index is -0.688. The van der Waals surface area contributed by atoms with Gasteiger partial charge >= 0.3 is 5.97 Å². The number of Topliss-reactive ketones (excluding diaryl/α,β-unsaturated/α-hetero) is 1. The van der Waals surface area contributed by atoms with Crippen molar-refractivity contribution in [2.45, 2.75) is 117 Å². The largest absolute Gasteiger partial charge is 0.461 e. The number of carbonyl (C=O) groups excluding carboxylic acids is 3. The normalized spacial score (nSPS) is 35.9. The standard InChI is InChI=1S/C34H53N3O5S/c1-10-23-17-24(37(12-3)36-23)30(41)35-20-31(6,7)43-19-27(39)42-26-18-32(8,11-2)29(40)22(5)34-15-13-21(4)33(26,9)28(34)25(38)14-16-34/h11,17,21-22,26,28-29,40H,2,10,12-16,18-20H2,1,3-9H3,(H,35,41)/t21-,22+,26-,28-,29+,32-,33+,34+/m1/s1. The summed E-state index contributed by atoms with van der Waals surface area (Å²) in [6.07, 6.45) is 4.92. The summed E-state index contributed by atoms with van der Waals surface area (Å²) in [5.41, 5.74) is -0.0743. The van der Waals surface area contributed by atoms with E-state index in [1.807, 2.05) is 46.8 Å². The van der Waals surface area contributed by atoms with Crippen LogP contribution in [0.25, 0.3) is 0 Å². The van der Waals surface area contributed by atoms with Crippen molar-refractivity contribution in [2.24, 2.45) is 34.0 Å². The highest BCUT2D eigenvalue weighted by molar-refractivity contribution is 8.01. The second kappa shape index (κ2) is 12.3. The van der Waals surface area contributed by atoms with Gasteiger partial charge in [0.1, 0.15) is 17.6 Å². The fraction of sp³-hybridized carbons (Fsp3) is 0.765. The third-order valence-electron chi connectivity index (χ3n) is 11.6. The number of thioether (sulfide) groups is 1. The molecule has 1 amide bonds. The first-order chi connectivity index (χ1) is 20.1. The van der Waals surface area contributed by atoms with Crippen LogP contribution >= 0.6 is 11.8 Å². The summed E-state index contributed by atoms with van der Waals surface area (Å²) in [5, 5.41) is 19.2. The molecule has 43 heavy (non-hydrogen) atoms. The Balaban J connectivity index is 1.49. The highest BCUT2D eigenvalue weighted by atomic mass is 32.2. The van der Waals surface area contributed by atoms with Crippen molar-refractivity contribution in [1.29, 1.82) is 0 Å². The van der Waals surface area contributed by atoms with E-state index in [1.54, 1.807) is 4.68 Å². The van der Waals surface area contributed by atoms with E-state index >= 15 is 0 Å². The molecule has 2 bridgehead atoms. The number of aryl methyl sites for hydroxylation is 2. The SMILES string of the molecule is C=C[C@]1(C)C[C@@H](OC(=O)CSC(C)(C)CNC(=O)c2cc(CC)nn2CC)[C@]2(C)[C@H](C)CC[C@]3(CCC(=O)[C@@H]32)[C@@H](C)[C@@H]1O. The van der Waals surface area contributed by atoms with Gasteiger partial charge in [0.05, 0.1) is 17.6 Å². The summed E-state index contributed by atoms with van der Waals surface area (Å²) in [6.45, 7) is 21.5. The summed E-state index contributed by atoms with van der Waals surface area (Å²) in [4.78, 5) is 40.1. The van der Waals surface area contributed by atoms with Crippen LogP contribution in [0.1, 0.15) is 104 Å². The number of carbonyl (C=O) groups is 3. The molecule has 3 aliphatic rings. The van der Waals surface area contributed by atoms with Crippen molar-refractivity contribution in [3.63, 3.8) is 0 Å². The molecule has 0 aromatic carbocycles. The molecular formula is C34H53N3O5S. The van der Waals surface area contributed by atoms with Crippen LogP contribution in [-0.2, 0) is 27.3 Å². The van der Waals surface area contributed by atoms with E-state index in [0.717, 1.165) is 31.4 Å². The van der Waals surface area contributed by atoms with E-state index in [1.165, 1.54) is 11.8 Å². The van der Waals surface area contributed by atoms with Crippen molar-refractivity contribution in [2.75, 3.05) is 12.3 Å². The van der Waals surface area contributed by atoms with Gasteiger partial charge in [-0.3, -0.25) is 19.1 Å². The Labute approximate surface area is 262 Å². The Morgan fingerprint density at radius 1 is 1.28 bits per heavy atom. The molecule has 4 rings (SSSR count). The van der Waals surface area contributed by atoms with Gasteiger partial charge in [0, 0.05) is 41.0 Å². The van der Waals surface area contributed by atoms with Crippen LogP contribution in [0.4, 0.5) is 0 Å².